The summed E-state index contributed by atoms with van der Waals surface area (Å²) in [7, 11) is 0. The summed E-state index contributed by atoms with van der Waals surface area (Å²) in [5.41, 5.74) is -0.290. The van der Waals surface area contributed by atoms with E-state index in [0.717, 1.165) is 31.3 Å². The van der Waals surface area contributed by atoms with Gasteiger partial charge in [0.15, 0.2) is 11.6 Å². The lowest BCUT2D eigenvalue weighted by Crippen LogP contribution is -2.57. The molecule has 5 rings (SSSR count). The first kappa shape index (κ1) is 40.0. The molecule has 0 saturated carbocycles. The van der Waals surface area contributed by atoms with Gasteiger partial charge in [0, 0.05) is 24.2 Å². The molecule has 5 N–H and O–H groups in total. The van der Waals surface area contributed by atoms with Gasteiger partial charge in [0.2, 0.25) is 0 Å². The molecular formula is C39H66O11. The molecule has 1 spiro atoms. The van der Waals surface area contributed by atoms with Gasteiger partial charge in [0.05, 0.1) is 66.5 Å². The van der Waals surface area contributed by atoms with Crippen LogP contribution in [-0.4, -0.2) is 104 Å². The largest absolute Gasteiger partial charge is 0.481 e. The Morgan fingerprint density at radius 3 is 2.34 bits per heavy atom. The number of rotatable bonds is 11. The van der Waals surface area contributed by atoms with Crippen LogP contribution >= 0.6 is 0 Å². The Kier molecular flexibility index (Phi) is 12.0. The number of allylic oxidation sites excluding steroid dienone is 1. The lowest BCUT2D eigenvalue weighted by atomic mass is 9.78. The first-order chi connectivity index (χ1) is 23.3. The third-order valence-electron chi connectivity index (χ3n) is 13.2. The van der Waals surface area contributed by atoms with Crippen molar-refractivity contribution in [1.82, 2.24) is 0 Å². The molecule has 5 saturated heterocycles. The zero-order valence-corrected chi connectivity index (χ0v) is 31.8. The van der Waals surface area contributed by atoms with Gasteiger partial charge in [-0.1, -0.05) is 46.3 Å². The van der Waals surface area contributed by atoms with Gasteiger partial charge in [-0.3, -0.25) is 4.79 Å². The molecule has 11 heteroatoms. The van der Waals surface area contributed by atoms with Gasteiger partial charge >= 0.3 is 5.97 Å². The molecule has 288 valence electrons. The second-order valence-corrected chi connectivity index (χ2v) is 17.6. The number of carbonyl (C=O) groups is 1. The number of ether oxygens (including phenoxy) is 5. The topological polar surface area (TPSA) is 164 Å². The number of carboxylic acids is 1. The average Bonchev–Trinajstić information content (AvgIpc) is 3.71. The Morgan fingerprint density at radius 2 is 1.68 bits per heavy atom. The molecule has 0 aromatic carbocycles. The van der Waals surface area contributed by atoms with E-state index < -0.39 is 59.6 Å². The van der Waals surface area contributed by atoms with Crippen LogP contribution in [0, 0.1) is 35.5 Å². The van der Waals surface area contributed by atoms with E-state index in [2.05, 4.69) is 34.6 Å². The molecule has 17 unspecified atom stereocenters. The highest BCUT2D eigenvalue weighted by atomic mass is 16.7. The Balaban J connectivity index is 1.22. The molecule has 0 aromatic heterocycles. The highest BCUT2D eigenvalue weighted by Crippen LogP contribution is 2.56. The monoisotopic (exact) mass is 710 g/mol. The minimum atomic E-state index is -1.57. The maximum absolute atomic E-state index is 11.3. The van der Waals surface area contributed by atoms with Crippen molar-refractivity contribution < 1.29 is 54.0 Å². The van der Waals surface area contributed by atoms with Gasteiger partial charge in [-0.05, 0) is 90.9 Å². The van der Waals surface area contributed by atoms with E-state index in [4.69, 9.17) is 23.7 Å². The van der Waals surface area contributed by atoms with Crippen LogP contribution in [0.5, 0.6) is 0 Å². The summed E-state index contributed by atoms with van der Waals surface area (Å²) >= 11 is 0. The minimum Gasteiger partial charge on any atom is -0.481 e. The van der Waals surface area contributed by atoms with Crippen molar-refractivity contribution in [2.45, 2.75) is 186 Å². The van der Waals surface area contributed by atoms with E-state index >= 15 is 0 Å². The molecule has 0 amide bonds. The van der Waals surface area contributed by atoms with Crippen molar-refractivity contribution in [3.8, 4) is 0 Å². The molecule has 50 heavy (non-hydrogen) atoms. The van der Waals surface area contributed by atoms with Crippen LogP contribution < -0.4 is 0 Å². The van der Waals surface area contributed by atoms with E-state index in [9.17, 15) is 30.3 Å². The van der Waals surface area contributed by atoms with Gasteiger partial charge in [0.1, 0.15) is 0 Å². The summed E-state index contributed by atoms with van der Waals surface area (Å²) in [5, 5.41) is 52.3. The summed E-state index contributed by atoms with van der Waals surface area (Å²) < 4.78 is 33.7. The highest BCUT2D eigenvalue weighted by Gasteiger charge is 2.64. The van der Waals surface area contributed by atoms with E-state index in [1.807, 2.05) is 20.8 Å². The molecule has 5 fully saturated rings. The number of aliphatic carboxylic acids is 1. The van der Waals surface area contributed by atoms with E-state index in [1.54, 1.807) is 13.0 Å². The van der Waals surface area contributed by atoms with Crippen LogP contribution in [-0.2, 0) is 28.5 Å². The van der Waals surface area contributed by atoms with Crippen molar-refractivity contribution in [2.24, 2.45) is 35.5 Å². The summed E-state index contributed by atoms with van der Waals surface area (Å²) in [4.78, 5) is 11.2. The fourth-order valence-electron chi connectivity index (χ4n) is 10.1. The van der Waals surface area contributed by atoms with Crippen molar-refractivity contribution in [2.75, 3.05) is 6.61 Å². The normalized spacial score (nSPS) is 49.8. The predicted molar refractivity (Wildman–Crippen MR) is 186 cm³/mol. The highest BCUT2D eigenvalue weighted by molar-refractivity contribution is 5.71. The van der Waals surface area contributed by atoms with Crippen LogP contribution in [0.1, 0.15) is 120 Å². The first-order valence-corrected chi connectivity index (χ1v) is 19.2. The Labute approximate surface area is 299 Å². The van der Waals surface area contributed by atoms with Crippen LogP contribution in [0.15, 0.2) is 11.6 Å². The minimum absolute atomic E-state index is 0.0288. The van der Waals surface area contributed by atoms with Crippen LogP contribution in [0.3, 0.4) is 0 Å². The maximum atomic E-state index is 11.3. The van der Waals surface area contributed by atoms with Gasteiger partial charge < -0.3 is 49.2 Å². The summed E-state index contributed by atoms with van der Waals surface area (Å²) in [5.74, 6) is -4.14. The van der Waals surface area contributed by atoms with Crippen molar-refractivity contribution in [1.29, 1.82) is 0 Å². The maximum Gasteiger partial charge on any atom is 0.310 e. The lowest BCUT2D eigenvalue weighted by Gasteiger charge is -2.49. The molecule has 0 radical (unpaired) electrons. The van der Waals surface area contributed by atoms with E-state index in [-0.39, 0.29) is 54.0 Å². The fraction of sp³-hybridized carbons (Fsp3) is 0.923. The number of carboxylic acid groups (broad SMARTS) is 1. The third kappa shape index (κ3) is 7.73. The van der Waals surface area contributed by atoms with Crippen LogP contribution in [0.2, 0.25) is 0 Å². The number of hydrogen-bond donors (Lipinski definition) is 5. The van der Waals surface area contributed by atoms with Crippen LogP contribution in [0.25, 0.3) is 0 Å². The number of hydrogen-bond acceptors (Lipinski definition) is 10. The molecule has 5 aliphatic heterocycles. The molecule has 0 bridgehead atoms. The van der Waals surface area contributed by atoms with E-state index in [0.29, 0.717) is 32.1 Å². The standard InChI is InChI=1S/C39H66O11/c1-21(14-24(4)35(43)44)10-11-28(41)17-29-18-30(42)27(7)39(47-29)26(6)19-37(9,50-39)32-12-13-36(8,48-32)34-23(3)16-31(46-34)33-22(2)15-25(5)38(45,20-40)49-33/h14,22-34,40-42,45H,10-13,15-20H2,1-9H3,(H,43,44). The number of aliphatic hydroxyl groups is 4. The lowest BCUT2D eigenvalue weighted by molar-refractivity contribution is -0.350. The van der Waals surface area contributed by atoms with Gasteiger partial charge in [-0.15, -0.1) is 0 Å². The zero-order chi connectivity index (χ0) is 37.0. The molecule has 0 aromatic rings. The quantitative estimate of drug-likeness (QED) is 0.184. The SMILES string of the molecule is CC(=CC(C)C(=O)O)CCC(O)CC1CC(O)C(C)C2(O1)OC(C)(C1CCC(C)(C3OC(C4OC(O)(CO)C(C)CC4C)CC3C)O1)CC2C. The molecule has 5 heterocycles. The fourth-order valence-corrected chi connectivity index (χ4v) is 10.1. The Morgan fingerprint density at radius 1 is 0.980 bits per heavy atom. The molecule has 11 nitrogen and oxygen atoms in total. The molecule has 0 aliphatic carbocycles. The van der Waals surface area contributed by atoms with Crippen LogP contribution in [0.4, 0.5) is 0 Å². The second kappa shape index (κ2) is 14.9. The third-order valence-corrected chi connectivity index (χ3v) is 13.2. The average molecular weight is 711 g/mol. The van der Waals surface area contributed by atoms with Crippen molar-refractivity contribution >= 4 is 5.97 Å². The predicted octanol–water partition coefficient (Wildman–Crippen LogP) is 4.96. The van der Waals surface area contributed by atoms with Gasteiger partial charge in [0.25, 0.3) is 0 Å². The second-order valence-electron chi connectivity index (χ2n) is 17.6. The molecule has 17 atom stereocenters. The first-order valence-electron chi connectivity index (χ1n) is 19.2. The Hall–Kier alpha value is -1.15. The Bertz CT molecular complexity index is 1230. The smallest absolute Gasteiger partial charge is 0.310 e. The van der Waals surface area contributed by atoms with Gasteiger partial charge in [-0.2, -0.15) is 0 Å². The van der Waals surface area contributed by atoms with Crippen molar-refractivity contribution in [3.05, 3.63) is 11.6 Å². The number of aliphatic hydroxyl groups excluding tert-OH is 3. The molecule has 5 aliphatic rings. The van der Waals surface area contributed by atoms with Gasteiger partial charge in [-0.25, -0.2) is 0 Å². The molecular weight excluding hydrogens is 644 g/mol. The summed E-state index contributed by atoms with van der Waals surface area (Å²) in [6, 6.07) is 0. The zero-order valence-electron chi connectivity index (χ0n) is 31.8. The van der Waals surface area contributed by atoms with E-state index in [1.165, 1.54) is 0 Å². The summed E-state index contributed by atoms with van der Waals surface area (Å²) in [6.07, 6.45) is 4.72. The summed E-state index contributed by atoms with van der Waals surface area (Å²) in [6.45, 7) is 17.6. The van der Waals surface area contributed by atoms with Crippen molar-refractivity contribution in [3.63, 3.8) is 0 Å².